The largest absolute Gasteiger partial charge is 0.478 e. The van der Waals surface area contributed by atoms with Gasteiger partial charge in [-0.3, -0.25) is 4.79 Å². The number of carbonyl (C=O) groups excluding carboxylic acids is 1. The van der Waals surface area contributed by atoms with Crippen molar-refractivity contribution < 1.29 is 14.7 Å². The topological polar surface area (TPSA) is 66.4 Å². The molecule has 2 aromatic carbocycles. The lowest BCUT2D eigenvalue weighted by Crippen LogP contribution is -2.14. The van der Waals surface area contributed by atoms with Crippen LogP contribution < -0.4 is 5.32 Å². The van der Waals surface area contributed by atoms with Gasteiger partial charge in [0.1, 0.15) is 0 Å². The van der Waals surface area contributed by atoms with Crippen molar-refractivity contribution in [2.24, 2.45) is 0 Å². The van der Waals surface area contributed by atoms with E-state index in [0.717, 1.165) is 5.56 Å². The van der Waals surface area contributed by atoms with E-state index in [1.165, 1.54) is 12.1 Å². The number of carboxylic acid groups (broad SMARTS) is 1. The Hall–Kier alpha value is -2.04. The van der Waals surface area contributed by atoms with Gasteiger partial charge in [0.15, 0.2) is 0 Å². The quantitative estimate of drug-likeness (QED) is 0.897. The number of hydrogen-bond acceptors (Lipinski definition) is 2. The molecule has 0 unspecified atom stereocenters. The third kappa shape index (κ3) is 4.21. The maximum Gasteiger partial charge on any atom is 0.337 e. The van der Waals surface area contributed by atoms with Crippen LogP contribution in [0, 0.1) is 0 Å². The van der Waals surface area contributed by atoms with E-state index in [4.69, 9.17) is 28.3 Å². The zero-order chi connectivity index (χ0) is 15.4. The number of hydrogen-bond donors (Lipinski definition) is 2. The summed E-state index contributed by atoms with van der Waals surface area (Å²) in [5.74, 6) is -1.41. The van der Waals surface area contributed by atoms with E-state index in [2.05, 4.69) is 5.32 Å². The molecule has 4 nitrogen and oxygen atoms in total. The van der Waals surface area contributed by atoms with Gasteiger partial charge in [0, 0.05) is 10.7 Å². The Kier molecular flexibility index (Phi) is 4.83. The highest BCUT2D eigenvalue weighted by Crippen LogP contribution is 2.21. The third-order valence-electron chi connectivity index (χ3n) is 2.73. The molecule has 108 valence electrons. The highest BCUT2D eigenvalue weighted by Gasteiger charge is 2.11. The van der Waals surface area contributed by atoms with E-state index in [9.17, 15) is 9.59 Å². The molecule has 0 radical (unpaired) electrons. The van der Waals surface area contributed by atoms with Crippen LogP contribution in [0.15, 0.2) is 42.5 Å². The van der Waals surface area contributed by atoms with Crippen LogP contribution in [-0.4, -0.2) is 17.0 Å². The van der Waals surface area contributed by atoms with E-state index in [-0.39, 0.29) is 22.9 Å². The molecule has 0 aliphatic carbocycles. The van der Waals surface area contributed by atoms with Crippen LogP contribution >= 0.6 is 23.2 Å². The number of nitrogens with one attached hydrogen (secondary N) is 1. The van der Waals surface area contributed by atoms with Crippen molar-refractivity contribution in [2.75, 3.05) is 5.32 Å². The number of carboxylic acids is 1. The van der Waals surface area contributed by atoms with Crippen LogP contribution in [0.5, 0.6) is 0 Å². The van der Waals surface area contributed by atoms with E-state index < -0.39 is 5.97 Å². The first-order valence-corrected chi connectivity index (χ1v) is 6.78. The fourth-order valence-electron chi connectivity index (χ4n) is 1.80. The molecule has 21 heavy (non-hydrogen) atoms. The van der Waals surface area contributed by atoms with Crippen molar-refractivity contribution in [3.63, 3.8) is 0 Å². The molecule has 1 amide bonds. The lowest BCUT2D eigenvalue weighted by atomic mass is 10.1. The van der Waals surface area contributed by atoms with Crippen molar-refractivity contribution in [2.45, 2.75) is 6.42 Å². The summed E-state index contributed by atoms with van der Waals surface area (Å²) in [5.41, 5.74) is 1.09. The van der Waals surface area contributed by atoms with Crippen molar-refractivity contribution in [3.05, 3.63) is 63.6 Å². The molecule has 0 aromatic heterocycles. The number of rotatable bonds is 4. The Labute approximate surface area is 131 Å². The second-order valence-electron chi connectivity index (χ2n) is 4.35. The number of aromatic carboxylic acids is 1. The molecule has 2 aromatic rings. The zero-order valence-corrected chi connectivity index (χ0v) is 12.3. The SMILES string of the molecule is O=C(Cc1cccc(Cl)c1)Nc1ccc(Cl)c(C(=O)O)c1. The maximum absolute atomic E-state index is 11.9. The molecule has 0 aliphatic heterocycles. The predicted molar refractivity (Wildman–Crippen MR) is 82.2 cm³/mol. The molecule has 0 bridgehead atoms. The first kappa shape index (κ1) is 15.4. The average Bonchev–Trinajstić information content (AvgIpc) is 2.40. The third-order valence-corrected chi connectivity index (χ3v) is 3.30. The van der Waals surface area contributed by atoms with Crippen molar-refractivity contribution in [1.82, 2.24) is 0 Å². The summed E-state index contributed by atoms with van der Waals surface area (Å²) in [4.78, 5) is 22.9. The fourth-order valence-corrected chi connectivity index (χ4v) is 2.22. The van der Waals surface area contributed by atoms with E-state index in [1.54, 1.807) is 30.3 Å². The van der Waals surface area contributed by atoms with E-state index in [0.29, 0.717) is 10.7 Å². The molecule has 2 rings (SSSR count). The molecule has 0 heterocycles. The number of halogens is 2. The molecular weight excluding hydrogens is 313 g/mol. The van der Waals surface area contributed by atoms with Gasteiger partial charge >= 0.3 is 5.97 Å². The lowest BCUT2D eigenvalue weighted by molar-refractivity contribution is -0.115. The molecule has 0 fully saturated rings. The molecule has 0 aliphatic rings. The normalized spacial score (nSPS) is 10.2. The van der Waals surface area contributed by atoms with Gasteiger partial charge in [-0.15, -0.1) is 0 Å². The molecular formula is C15H11Cl2NO3. The molecule has 2 N–H and O–H groups in total. The Bertz CT molecular complexity index is 701. The van der Waals surface area contributed by atoms with E-state index >= 15 is 0 Å². The van der Waals surface area contributed by atoms with Gasteiger partial charge in [-0.25, -0.2) is 4.79 Å². The summed E-state index contributed by atoms with van der Waals surface area (Å²) in [6.45, 7) is 0. The average molecular weight is 324 g/mol. The standard InChI is InChI=1S/C15H11Cl2NO3/c16-10-3-1-2-9(6-10)7-14(19)18-11-4-5-13(17)12(8-11)15(20)21/h1-6,8H,7H2,(H,18,19)(H,20,21). The van der Waals surface area contributed by atoms with Gasteiger partial charge in [-0.1, -0.05) is 35.3 Å². The second kappa shape index (κ2) is 6.61. The second-order valence-corrected chi connectivity index (χ2v) is 5.20. The summed E-state index contributed by atoms with van der Waals surface area (Å²) >= 11 is 11.6. The molecule has 6 heteroatoms. The maximum atomic E-state index is 11.9. The first-order chi connectivity index (χ1) is 9.95. The highest BCUT2D eigenvalue weighted by atomic mass is 35.5. The van der Waals surface area contributed by atoms with Crippen LogP contribution in [0.2, 0.25) is 10.0 Å². The van der Waals surface area contributed by atoms with Gasteiger partial charge < -0.3 is 10.4 Å². The minimum atomic E-state index is -1.15. The summed E-state index contributed by atoms with van der Waals surface area (Å²) in [6.07, 6.45) is 0.144. The van der Waals surface area contributed by atoms with E-state index in [1.807, 2.05) is 0 Å². The van der Waals surface area contributed by atoms with Crippen LogP contribution in [-0.2, 0) is 11.2 Å². The molecule has 0 saturated heterocycles. The van der Waals surface area contributed by atoms with Gasteiger partial charge in [-0.2, -0.15) is 0 Å². The number of carbonyl (C=O) groups is 2. The van der Waals surface area contributed by atoms with Gasteiger partial charge in [-0.05, 0) is 35.9 Å². The fraction of sp³-hybridized carbons (Fsp3) is 0.0667. The van der Waals surface area contributed by atoms with Crippen LogP contribution in [0.4, 0.5) is 5.69 Å². The van der Waals surface area contributed by atoms with Crippen LogP contribution in [0.3, 0.4) is 0 Å². The van der Waals surface area contributed by atoms with Crippen LogP contribution in [0.1, 0.15) is 15.9 Å². The summed E-state index contributed by atoms with van der Waals surface area (Å²) < 4.78 is 0. The Balaban J connectivity index is 2.09. The van der Waals surface area contributed by atoms with Crippen molar-refractivity contribution >= 4 is 40.8 Å². The van der Waals surface area contributed by atoms with Gasteiger partial charge in [0.05, 0.1) is 17.0 Å². The van der Waals surface area contributed by atoms with Crippen molar-refractivity contribution in [3.8, 4) is 0 Å². The molecule has 0 spiro atoms. The summed E-state index contributed by atoms with van der Waals surface area (Å²) in [7, 11) is 0. The zero-order valence-electron chi connectivity index (χ0n) is 10.8. The predicted octanol–water partition coefficient (Wildman–Crippen LogP) is 3.87. The van der Waals surface area contributed by atoms with Gasteiger partial charge in [0.2, 0.25) is 5.91 Å². The smallest absolute Gasteiger partial charge is 0.337 e. The summed E-state index contributed by atoms with van der Waals surface area (Å²) in [6, 6.07) is 11.3. The lowest BCUT2D eigenvalue weighted by Gasteiger charge is -2.07. The van der Waals surface area contributed by atoms with Crippen molar-refractivity contribution in [1.29, 1.82) is 0 Å². The minimum Gasteiger partial charge on any atom is -0.478 e. The number of anilines is 1. The Morgan fingerprint density at radius 1 is 1.10 bits per heavy atom. The molecule has 0 atom stereocenters. The number of benzene rings is 2. The highest BCUT2D eigenvalue weighted by molar-refractivity contribution is 6.33. The van der Waals surface area contributed by atoms with Crippen LogP contribution in [0.25, 0.3) is 0 Å². The Morgan fingerprint density at radius 2 is 1.86 bits per heavy atom. The summed E-state index contributed by atoms with van der Waals surface area (Å²) in [5, 5.41) is 12.3. The molecule has 0 saturated carbocycles. The first-order valence-electron chi connectivity index (χ1n) is 6.03. The number of amides is 1. The minimum absolute atomic E-state index is 0.0581. The Morgan fingerprint density at radius 3 is 2.52 bits per heavy atom. The monoisotopic (exact) mass is 323 g/mol. The van der Waals surface area contributed by atoms with Gasteiger partial charge in [0.25, 0.3) is 0 Å².